The van der Waals surface area contributed by atoms with Gasteiger partial charge in [-0.3, -0.25) is 14.4 Å². The number of esters is 3. The van der Waals surface area contributed by atoms with Crippen molar-refractivity contribution in [3.8, 4) is 0 Å². The molecule has 0 N–H and O–H groups in total. The first kappa shape index (κ1) is 65.6. The van der Waals surface area contributed by atoms with E-state index in [1.165, 1.54) is 128 Å². The third kappa shape index (κ3) is 55.4. The molecule has 0 heterocycles. The lowest BCUT2D eigenvalue weighted by atomic mass is 10.0. The summed E-state index contributed by atoms with van der Waals surface area (Å²) in [5.41, 5.74) is 0. The minimum absolute atomic E-state index is 0.0769. The Bertz CT molecular complexity index is 1330. The average molecular weight is 962 g/mol. The second kappa shape index (κ2) is 57.2. The van der Waals surface area contributed by atoms with Gasteiger partial charge in [-0.05, 0) is 89.9 Å². The summed E-state index contributed by atoms with van der Waals surface area (Å²) in [5.74, 6) is -0.890. The molecule has 0 aromatic heterocycles. The van der Waals surface area contributed by atoms with Crippen LogP contribution in [0.4, 0.5) is 0 Å². The lowest BCUT2D eigenvalue weighted by Gasteiger charge is -2.18. The zero-order chi connectivity index (χ0) is 50.0. The minimum Gasteiger partial charge on any atom is -0.462 e. The predicted molar refractivity (Wildman–Crippen MR) is 297 cm³/mol. The summed E-state index contributed by atoms with van der Waals surface area (Å²) >= 11 is 0. The monoisotopic (exact) mass is 961 g/mol. The highest BCUT2D eigenvalue weighted by molar-refractivity contribution is 5.71. The Kier molecular flexibility index (Phi) is 54.3. The van der Waals surface area contributed by atoms with Gasteiger partial charge < -0.3 is 14.2 Å². The summed E-state index contributed by atoms with van der Waals surface area (Å²) in [5, 5.41) is 0. The molecule has 0 saturated heterocycles. The van der Waals surface area contributed by atoms with Gasteiger partial charge in [0.05, 0.1) is 0 Å². The van der Waals surface area contributed by atoms with Gasteiger partial charge in [0.25, 0.3) is 0 Å². The van der Waals surface area contributed by atoms with Crippen LogP contribution in [-0.2, 0) is 28.6 Å². The van der Waals surface area contributed by atoms with Gasteiger partial charge >= 0.3 is 17.9 Å². The van der Waals surface area contributed by atoms with Gasteiger partial charge in [0, 0.05) is 19.3 Å². The van der Waals surface area contributed by atoms with Crippen LogP contribution in [0.25, 0.3) is 0 Å². The molecule has 1 atom stereocenters. The summed E-state index contributed by atoms with van der Waals surface area (Å²) in [7, 11) is 0. The van der Waals surface area contributed by atoms with E-state index in [1.54, 1.807) is 0 Å². The van der Waals surface area contributed by atoms with Gasteiger partial charge in [-0.15, -0.1) is 0 Å². The molecule has 0 rings (SSSR count). The van der Waals surface area contributed by atoms with Crippen molar-refractivity contribution >= 4 is 17.9 Å². The van der Waals surface area contributed by atoms with Crippen LogP contribution < -0.4 is 0 Å². The van der Waals surface area contributed by atoms with E-state index in [1.807, 2.05) is 0 Å². The van der Waals surface area contributed by atoms with E-state index >= 15 is 0 Å². The van der Waals surface area contributed by atoms with Crippen LogP contribution in [0, 0.1) is 0 Å². The molecule has 0 aliphatic heterocycles. The lowest BCUT2D eigenvalue weighted by Crippen LogP contribution is -2.30. The Morgan fingerprint density at radius 1 is 0.304 bits per heavy atom. The molecule has 0 bridgehead atoms. The van der Waals surface area contributed by atoms with Crippen molar-refractivity contribution in [2.75, 3.05) is 13.2 Å². The molecule has 0 aliphatic carbocycles. The molecule has 0 radical (unpaired) electrons. The topological polar surface area (TPSA) is 78.9 Å². The zero-order valence-corrected chi connectivity index (χ0v) is 45.3. The number of hydrogen-bond acceptors (Lipinski definition) is 6. The Morgan fingerprint density at radius 3 is 0.942 bits per heavy atom. The first-order chi connectivity index (χ1) is 34.0. The van der Waals surface area contributed by atoms with Crippen molar-refractivity contribution in [1.29, 1.82) is 0 Å². The van der Waals surface area contributed by atoms with E-state index in [2.05, 4.69) is 106 Å². The second-order valence-corrected chi connectivity index (χ2v) is 19.2. The number of ether oxygens (including phenoxy) is 3. The Hall–Kier alpha value is -3.41. The highest BCUT2D eigenvalue weighted by Crippen LogP contribution is 2.16. The first-order valence-corrected chi connectivity index (χ1v) is 29.1. The maximum absolute atomic E-state index is 12.7. The van der Waals surface area contributed by atoms with Gasteiger partial charge in [-0.2, -0.15) is 0 Å². The Balaban J connectivity index is 3.99. The van der Waals surface area contributed by atoms with Crippen LogP contribution in [0.3, 0.4) is 0 Å². The summed E-state index contributed by atoms with van der Waals surface area (Å²) in [4.78, 5) is 37.8. The number of hydrogen-bond donors (Lipinski definition) is 0. The van der Waals surface area contributed by atoms with E-state index in [-0.39, 0.29) is 31.1 Å². The molecule has 0 aromatic rings. The molecule has 6 nitrogen and oxygen atoms in total. The van der Waals surface area contributed by atoms with Gasteiger partial charge in [0.2, 0.25) is 0 Å². The second-order valence-electron chi connectivity index (χ2n) is 19.2. The highest BCUT2D eigenvalue weighted by Gasteiger charge is 2.19. The number of unbranched alkanes of at least 4 members (excludes halogenated alkanes) is 27. The minimum atomic E-state index is -0.774. The quantitative estimate of drug-likeness (QED) is 0.0262. The van der Waals surface area contributed by atoms with E-state index in [0.29, 0.717) is 19.3 Å². The van der Waals surface area contributed by atoms with Gasteiger partial charge in [0.15, 0.2) is 6.10 Å². The summed E-state index contributed by atoms with van der Waals surface area (Å²) in [6, 6.07) is 0. The molecule has 0 saturated carbocycles. The summed E-state index contributed by atoms with van der Waals surface area (Å²) in [6.45, 7) is 6.44. The van der Waals surface area contributed by atoms with Gasteiger partial charge in [0.1, 0.15) is 13.2 Å². The van der Waals surface area contributed by atoms with Crippen LogP contribution in [0.15, 0.2) is 85.1 Å². The Morgan fingerprint density at radius 2 is 0.580 bits per heavy atom. The molecule has 0 fully saturated rings. The first-order valence-electron chi connectivity index (χ1n) is 29.1. The SMILES string of the molecule is CC/C=C\C/C=C\C/C=C\C/C=C\C/C=C\C/C=C\CCCCCCCCCCCCCCCCC(=O)OCC(COC(=O)CCCCCCCCC)OC(=O)CCCCCCC/C=C\CCCC. The number of carbonyl (C=O) groups excluding carboxylic acids is 3. The third-order valence-corrected chi connectivity index (χ3v) is 12.4. The van der Waals surface area contributed by atoms with E-state index < -0.39 is 6.10 Å². The smallest absolute Gasteiger partial charge is 0.306 e. The maximum atomic E-state index is 12.7. The Labute approximate surface area is 426 Å². The molecular weight excluding hydrogens is 853 g/mol. The number of rotatable bonds is 52. The van der Waals surface area contributed by atoms with Crippen LogP contribution in [0.2, 0.25) is 0 Å². The lowest BCUT2D eigenvalue weighted by molar-refractivity contribution is -0.167. The molecule has 0 aromatic carbocycles. The molecular formula is C63H108O6. The highest BCUT2D eigenvalue weighted by atomic mass is 16.6. The molecule has 0 spiro atoms. The van der Waals surface area contributed by atoms with E-state index in [4.69, 9.17) is 14.2 Å². The van der Waals surface area contributed by atoms with Crippen LogP contribution in [0.1, 0.15) is 278 Å². The largest absolute Gasteiger partial charge is 0.462 e. The third-order valence-electron chi connectivity index (χ3n) is 12.4. The standard InChI is InChI=1S/C63H108O6/c1-4-7-10-13-16-18-20-21-22-23-24-25-26-27-28-29-30-31-32-33-34-35-36-37-38-39-40-41-43-44-47-50-53-56-62(65)68-59-60(58-67-61(64)55-52-49-46-15-12-9-6-3)69-63(66)57-54-51-48-45-42-19-17-14-11-8-5-2/h7,10,14,16-18,21-22,24-25,27-28,30-31,60H,4-6,8-9,11-13,15,19-20,23,26,29,32-59H2,1-3H3/b10-7-,17-14-,18-16-,22-21-,25-24-,28-27-,31-30-. The normalized spacial score (nSPS) is 12.7. The fourth-order valence-corrected chi connectivity index (χ4v) is 8.02. The molecule has 69 heavy (non-hydrogen) atoms. The molecule has 0 amide bonds. The average Bonchev–Trinajstić information content (AvgIpc) is 3.35. The van der Waals surface area contributed by atoms with Crippen molar-refractivity contribution in [2.45, 2.75) is 284 Å². The van der Waals surface area contributed by atoms with Crippen molar-refractivity contribution in [3.63, 3.8) is 0 Å². The van der Waals surface area contributed by atoms with Crippen LogP contribution in [0.5, 0.6) is 0 Å². The van der Waals surface area contributed by atoms with Crippen LogP contribution >= 0.6 is 0 Å². The van der Waals surface area contributed by atoms with Crippen molar-refractivity contribution < 1.29 is 28.6 Å². The van der Waals surface area contributed by atoms with Crippen molar-refractivity contribution in [3.05, 3.63) is 85.1 Å². The molecule has 0 aliphatic rings. The summed E-state index contributed by atoms with van der Waals surface area (Å²) in [6.07, 6.45) is 74.7. The fraction of sp³-hybridized carbons (Fsp3) is 0.730. The van der Waals surface area contributed by atoms with Crippen molar-refractivity contribution in [2.24, 2.45) is 0 Å². The van der Waals surface area contributed by atoms with Gasteiger partial charge in [-0.1, -0.05) is 254 Å². The van der Waals surface area contributed by atoms with Crippen molar-refractivity contribution in [1.82, 2.24) is 0 Å². The van der Waals surface area contributed by atoms with Crippen LogP contribution in [-0.4, -0.2) is 37.2 Å². The molecule has 6 heteroatoms. The molecule has 396 valence electrons. The maximum Gasteiger partial charge on any atom is 0.306 e. The molecule has 1 unspecified atom stereocenters. The zero-order valence-electron chi connectivity index (χ0n) is 45.3. The summed E-state index contributed by atoms with van der Waals surface area (Å²) < 4.78 is 16.7. The predicted octanol–water partition coefficient (Wildman–Crippen LogP) is 19.5. The van der Waals surface area contributed by atoms with Gasteiger partial charge in [-0.25, -0.2) is 0 Å². The fourth-order valence-electron chi connectivity index (χ4n) is 8.02. The number of allylic oxidation sites excluding steroid dienone is 14. The van der Waals surface area contributed by atoms with E-state index in [9.17, 15) is 14.4 Å². The van der Waals surface area contributed by atoms with E-state index in [0.717, 1.165) is 109 Å². The number of carbonyl (C=O) groups is 3.